The van der Waals surface area contributed by atoms with E-state index in [-0.39, 0.29) is 0 Å². The van der Waals surface area contributed by atoms with Crippen molar-refractivity contribution in [1.82, 2.24) is 4.98 Å². The summed E-state index contributed by atoms with van der Waals surface area (Å²) in [5, 5.41) is 0.769. The summed E-state index contributed by atoms with van der Waals surface area (Å²) in [5.74, 6) is 0.779. The molecule has 0 fully saturated rings. The molecule has 0 aliphatic rings. The number of methoxy groups -OCH3 is 1. The quantitative estimate of drug-likeness (QED) is 0.588. The predicted octanol–water partition coefficient (Wildman–Crippen LogP) is 2.00. The van der Waals surface area contributed by atoms with Crippen molar-refractivity contribution in [3.05, 3.63) is 24.0 Å². The first-order valence-electron chi connectivity index (χ1n) is 3.99. The lowest BCUT2D eigenvalue weighted by molar-refractivity contribution is 0.146. The Morgan fingerprint density at radius 2 is 2.23 bits per heavy atom. The van der Waals surface area contributed by atoms with Gasteiger partial charge in [-0.2, -0.15) is 0 Å². The van der Waals surface area contributed by atoms with Crippen LogP contribution < -0.4 is 4.74 Å². The Kier molecular flexibility index (Phi) is 4.78. The van der Waals surface area contributed by atoms with Crippen molar-refractivity contribution in [2.75, 3.05) is 20.3 Å². The van der Waals surface area contributed by atoms with Crippen LogP contribution in [0.15, 0.2) is 18.3 Å². The van der Waals surface area contributed by atoms with Crippen molar-refractivity contribution >= 4 is 15.9 Å². The minimum absolute atomic E-state index is 0.561. The van der Waals surface area contributed by atoms with E-state index in [0.29, 0.717) is 13.2 Å². The molecule has 0 atom stereocenters. The number of nitrogens with zero attached hydrogens (tertiary/aromatic N) is 1. The molecule has 1 heterocycles. The van der Waals surface area contributed by atoms with E-state index < -0.39 is 0 Å². The molecule has 0 aromatic carbocycles. The Morgan fingerprint density at radius 3 is 2.77 bits per heavy atom. The lowest BCUT2D eigenvalue weighted by atomic mass is 10.4. The molecular formula is C9H12BrNO2. The molecule has 1 aromatic heterocycles. The van der Waals surface area contributed by atoms with E-state index in [0.717, 1.165) is 16.8 Å². The minimum atomic E-state index is 0.561. The van der Waals surface area contributed by atoms with E-state index >= 15 is 0 Å². The molecule has 0 aliphatic carbocycles. The molecule has 1 rings (SSSR count). The van der Waals surface area contributed by atoms with Gasteiger partial charge in [0.25, 0.3) is 0 Å². The summed E-state index contributed by atoms with van der Waals surface area (Å²) < 4.78 is 10.2. The van der Waals surface area contributed by atoms with Crippen LogP contribution in [-0.4, -0.2) is 25.3 Å². The summed E-state index contributed by atoms with van der Waals surface area (Å²) in [6.07, 6.45) is 1.71. The van der Waals surface area contributed by atoms with Gasteiger partial charge < -0.3 is 9.47 Å². The second kappa shape index (κ2) is 5.94. The highest BCUT2D eigenvalue weighted by Crippen LogP contribution is 2.10. The maximum Gasteiger partial charge on any atom is 0.137 e. The lowest BCUT2D eigenvalue weighted by Crippen LogP contribution is -2.04. The number of rotatable bonds is 5. The van der Waals surface area contributed by atoms with Crippen LogP contribution in [0, 0.1) is 0 Å². The van der Waals surface area contributed by atoms with Gasteiger partial charge in [0.2, 0.25) is 0 Å². The first kappa shape index (κ1) is 10.5. The number of pyridine rings is 1. The van der Waals surface area contributed by atoms with Crippen molar-refractivity contribution in [1.29, 1.82) is 0 Å². The second-order valence-corrected chi connectivity index (χ2v) is 3.02. The number of hydrogen-bond donors (Lipinski definition) is 0. The summed E-state index contributed by atoms with van der Waals surface area (Å²) in [6.45, 7) is 1.16. The van der Waals surface area contributed by atoms with Crippen molar-refractivity contribution in [2.45, 2.75) is 5.33 Å². The third kappa shape index (κ3) is 3.74. The van der Waals surface area contributed by atoms with Gasteiger partial charge in [-0.1, -0.05) is 15.9 Å². The summed E-state index contributed by atoms with van der Waals surface area (Å²) in [6, 6.07) is 3.83. The Bertz CT molecular complexity index is 238. The van der Waals surface area contributed by atoms with Crippen LogP contribution in [0.1, 0.15) is 5.69 Å². The van der Waals surface area contributed by atoms with E-state index in [9.17, 15) is 0 Å². The van der Waals surface area contributed by atoms with Gasteiger partial charge in [-0.15, -0.1) is 0 Å². The molecule has 3 nitrogen and oxygen atoms in total. The van der Waals surface area contributed by atoms with E-state index in [1.807, 2.05) is 12.1 Å². The standard InChI is InChI=1S/C9H12BrNO2/c1-12-4-5-13-9-3-2-8(6-10)11-7-9/h2-3,7H,4-6H2,1H3. The Morgan fingerprint density at radius 1 is 1.38 bits per heavy atom. The highest BCUT2D eigenvalue weighted by molar-refractivity contribution is 9.08. The maximum absolute atomic E-state index is 5.34. The fraction of sp³-hybridized carbons (Fsp3) is 0.444. The normalized spacial score (nSPS) is 10.0. The third-order valence-corrected chi connectivity index (χ3v) is 2.07. The largest absolute Gasteiger partial charge is 0.490 e. The van der Waals surface area contributed by atoms with Crippen molar-refractivity contribution in [3.8, 4) is 5.75 Å². The van der Waals surface area contributed by atoms with Gasteiger partial charge in [0, 0.05) is 12.4 Å². The Labute approximate surface area is 86.2 Å². The fourth-order valence-corrected chi connectivity index (χ4v) is 1.15. The average Bonchev–Trinajstić information content (AvgIpc) is 2.19. The first-order chi connectivity index (χ1) is 6.36. The number of hydrogen-bond acceptors (Lipinski definition) is 3. The number of ether oxygens (including phenoxy) is 2. The topological polar surface area (TPSA) is 31.4 Å². The minimum Gasteiger partial charge on any atom is -0.490 e. The molecular weight excluding hydrogens is 234 g/mol. The summed E-state index contributed by atoms with van der Waals surface area (Å²) >= 11 is 3.32. The van der Waals surface area contributed by atoms with E-state index in [2.05, 4.69) is 20.9 Å². The van der Waals surface area contributed by atoms with Crippen molar-refractivity contribution < 1.29 is 9.47 Å². The smallest absolute Gasteiger partial charge is 0.137 e. The summed E-state index contributed by atoms with van der Waals surface area (Å²) in [5.41, 5.74) is 0.999. The molecule has 0 unspecified atom stereocenters. The zero-order chi connectivity index (χ0) is 9.52. The SMILES string of the molecule is COCCOc1ccc(CBr)nc1. The van der Waals surface area contributed by atoms with Crippen LogP contribution in [-0.2, 0) is 10.1 Å². The molecule has 1 aromatic rings. The molecule has 13 heavy (non-hydrogen) atoms. The molecule has 0 aliphatic heterocycles. The molecule has 72 valence electrons. The van der Waals surface area contributed by atoms with E-state index in [1.165, 1.54) is 0 Å². The van der Waals surface area contributed by atoms with E-state index in [1.54, 1.807) is 13.3 Å². The van der Waals surface area contributed by atoms with Gasteiger partial charge in [-0.3, -0.25) is 4.98 Å². The third-order valence-electron chi connectivity index (χ3n) is 1.49. The molecule has 0 bridgehead atoms. The second-order valence-electron chi connectivity index (χ2n) is 2.46. The van der Waals surface area contributed by atoms with Crippen molar-refractivity contribution in [2.24, 2.45) is 0 Å². The highest BCUT2D eigenvalue weighted by Gasteiger charge is 1.94. The van der Waals surface area contributed by atoms with Crippen LogP contribution in [0.4, 0.5) is 0 Å². The fourth-order valence-electron chi connectivity index (χ4n) is 0.818. The highest BCUT2D eigenvalue weighted by atomic mass is 79.9. The Hall–Kier alpha value is -0.610. The van der Waals surface area contributed by atoms with E-state index in [4.69, 9.17) is 9.47 Å². The number of aromatic nitrogens is 1. The first-order valence-corrected chi connectivity index (χ1v) is 5.11. The molecule has 0 saturated heterocycles. The van der Waals surface area contributed by atoms with Crippen LogP contribution in [0.3, 0.4) is 0 Å². The van der Waals surface area contributed by atoms with Crippen LogP contribution in [0.5, 0.6) is 5.75 Å². The number of halogens is 1. The zero-order valence-electron chi connectivity index (χ0n) is 7.50. The van der Waals surface area contributed by atoms with Gasteiger partial charge in [0.1, 0.15) is 12.4 Å². The Balaban J connectivity index is 2.40. The van der Waals surface area contributed by atoms with Gasteiger partial charge in [0.15, 0.2) is 0 Å². The number of alkyl halides is 1. The predicted molar refractivity (Wildman–Crippen MR) is 54.2 cm³/mol. The van der Waals surface area contributed by atoms with Gasteiger partial charge >= 0.3 is 0 Å². The summed E-state index contributed by atoms with van der Waals surface area (Å²) in [7, 11) is 1.65. The maximum atomic E-state index is 5.34. The van der Waals surface area contributed by atoms with Crippen molar-refractivity contribution in [3.63, 3.8) is 0 Å². The molecule has 4 heteroatoms. The lowest BCUT2D eigenvalue weighted by Gasteiger charge is -2.04. The summed E-state index contributed by atoms with van der Waals surface area (Å²) in [4.78, 5) is 4.16. The molecule has 0 amide bonds. The zero-order valence-corrected chi connectivity index (χ0v) is 9.08. The molecule has 0 saturated carbocycles. The molecule has 0 radical (unpaired) electrons. The van der Waals surface area contributed by atoms with Crippen LogP contribution in [0.25, 0.3) is 0 Å². The van der Waals surface area contributed by atoms with Gasteiger partial charge in [0.05, 0.1) is 18.5 Å². The van der Waals surface area contributed by atoms with Crippen LogP contribution in [0.2, 0.25) is 0 Å². The van der Waals surface area contributed by atoms with Crippen LogP contribution >= 0.6 is 15.9 Å². The van der Waals surface area contributed by atoms with Gasteiger partial charge in [-0.05, 0) is 12.1 Å². The van der Waals surface area contributed by atoms with Gasteiger partial charge in [-0.25, -0.2) is 0 Å². The average molecular weight is 246 g/mol. The molecule has 0 N–H and O–H groups in total. The molecule has 0 spiro atoms. The monoisotopic (exact) mass is 245 g/mol.